The lowest BCUT2D eigenvalue weighted by Crippen LogP contribution is -2.17. The average molecular weight is 338 g/mol. The van der Waals surface area contributed by atoms with Crippen LogP contribution in [-0.4, -0.2) is 13.1 Å². The van der Waals surface area contributed by atoms with E-state index in [0.717, 1.165) is 23.3 Å². The van der Waals surface area contributed by atoms with Crippen molar-refractivity contribution in [3.05, 3.63) is 65.7 Å². The minimum atomic E-state index is -0.170. The quantitative estimate of drug-likeness (QED) is 0.659. The summed E-state index contributed by atoms with van der Waals surface area (Å²) < 4.78 is 10.9. The average Bonchev–Trinajstić information content (AvgIpc) is 3.18. The summed E-state index contributed by atoms with van der Waals surface area (Å²) >= 11 is 0. The molecule has 3 rings (SSSR count). The van der Waals surface area contributed by atoms with Crippen molar-refractivity contribution in [3.8, 4) is 5.75 Å². The molecule has 0 amide bonds. The van der Waals surface area contributed by atoms with Crippen LogP contribution in [0.2, 0.25) is 0 Å². The summed E-state index contributed by atoms with van der Waals surface area (Å²) in [6.07, 6.45) is 5.91. The number of carbonyl (C=O) groups is 1. The molecule has 0 saturated heterocycles. The maximum Gasteiger partial charge on any atom is 0.313 e. The van der Waals surface area contributed by atoms with E-state index in [1.807, 2.05) is 54.6 Å². The first-order valence-corrected chi connectivity index (χ1v) is 9.11. The van der Waals surface area contributed by atoms with Crippen LogP contribution in [0.1, 0.15) is 49.1 Å². The molecule has 0 aromatic heterocycles. The molecule has 0 spiro atoms. The van der Waals surface area contributed by atoms with Crippen molar-refractivity contribution in [3.63, 3.8) is 0 Å². The zero-order chi connectivity index (χ0) is 17.5. The molecule has 0 heterocycles. The number of rotatable bonds is 7. The zero-order valence-electron chi connectivity index (χ0n) is 14.8. The van der Waals surface area contributed by atoms with Crippen molar-refractivity contribution in [1.29, 1.82) is 0 Å². The third kappa shape index (κ3) is 4.85. The lowest BCUT2D eigenvalue weighted by molar-refractivity contribution is -0.142. The summed E-state index contributed by atoms with van der Waals surface area (Å²) in [6, 6.07) is 18.0. The highest BCUT2D eigenvalue weighted by molar-refractivity contribution is 5.78. The molecule has 3 heteroatoms. The molecule has 1 unspecified atom stereocenters. The molecule has 1 atom stereocenters. The summed E-state index contributed by atoms with van der Waals surface area (Å²) in [4.78, 5) is 12.2. The van der Waals surface area contributed by atoms with Crippen molar-refractivity contribution in [1.82, 2.24) is 0 Å². The van der Waals surface area contributed by atoms with Gasteiger partial charge in [-0.1, -0.05) is 68.1 Å². The van der Waals surface area contributed by atoms with Gasteiger partial charge in [-0.2, -0.15) is 0 Å². The molecule has 0 bridgehead atoms. The first-order valence-electron chi connectivity index (χ1n) is 9.11. The maximum absolute atomic E-state index is 12.2. The lowest BCUT2D eigenvalue weighted by Gasteiger charge is -2.19. The molecule has 1 fully saturated rings. The molecule has 1 aliphatic carbocycles. The monoisotopic (exact) mass is 338 g/mol. The topological polar surface area (TPSA) is 35.5 Å². The van der Waals surface area contributed by atoms with Crippen LogP contribution < -0.4 is 4.74 Å². The molecule has 0 radical (unpaired) electrons. The van der Waals surface area contributed by atoms with Crippen LogP contribution in [0.4, 0.5) is 0 Å². The predicted octanol–water partition coefficient (Wildman–Crippen LogP) is 5.10. The van der Waals surface area contributed by atoms with Gasteiger partial charge in [0, 0.05) is 0 Å². The summed E-state index contributed by atoms with van der Waals surface area (Å²) in [5, 5.41) is 0. The molecule has 0 aliphatic heterocycles. The van der Waals surface area contributed by atoms with Gasteiger partial charge < -0.3 is 9.47 Å². The molecule has 3 nitrogen and oxygen atoms in total. The SMILES string of the molecule is COC(=O)C(CC1CCCC1)c1ccc(OCc2ccccc2)cc1. The van der Waals surface area contributed by atoms with Crippen molar-refractivity contribution in [2.75, 3.05) is 7.11 Å². The van der Waals surface area contributed by atoms with E-state index < -0.39 is 0 Å². The van der Waals surface area contributed by atoms with Crippen LogP contribution in [-0.2, 0) is 16.1 Å². The van der Waals surface area contributed by atoms with Crippen molar-refractivity contribution >= 4 is 5.97 Å². The fourth-order valence-corrected chi connectivity index (χ4v) is 3.63. The number of hydrogen-bond donors (Lipinski definition) is 0. The Morgan fingerprint density at radius 2 is 1.72 bits per heavy atom. The Morgan fingerprint density at radius 3 is 2.36 bits per heavy atom. The largest absolute Gasteiger partial charge is 0.489 e. The molecule has 132 valence electrons. The van der Waals surface area contributed by atoms with E-state index in [9.17, 15) is 4.79 Å². The van der Waals surface area contributed by atoms with Gasteiger partial charge in [0.2, 0.25) is 0 Å². The second-order valence-corrected chi connectivity index (χ2v) is 6.81. The van der Waals surface area contributed by atoms with E-state index in [1.165, 1.54) is 32.8 Å². The molecule has 2 aromatic carbocycles. The number of esters is 1. The fourth-order valence-electron chi connectivity index (χ4n) is 3.63. The van der Waals surface area contributed by atoms with Gasteiger partial charge in [0.25, 0.3) is 0 Å². The van der Waals surface area contributed by atoms with Crippen molar-refractivity contribution < 1.29 is 14.3 Å². The minimum absolute atomic E-state index is 0.134. The summed E-state index contributed by atoms with van der Waals surface area (Å²) in [5.41, 5.74) is 2.16. The third-order valence-electron chi connectivity index (χ3n) is 5.06. The first kappa shape index (κ1) is 17.5. The smallest absolute Gasteiger partial charge is 0.313 e. The third-order valence-corrected chi connectivity index (χ3v) is 5.06. The van der Waals surface area contributed by atoms with E-state index in [2.05, 4.69) is 0 Å². The Kier molecular flexibility index (Phi) is 6.10. The van der Waals surface area contributed by atoms with Crippen LogP contribution in [0.15, 0.2) is 54.6 Å². The van der Waals surface area contributed by atoms with E-state index in [1.54, 1.807) is 0 Å². The minimum Gasteiger partial charge on any atom is -0.489 e. The number of ether oxygens (including phenoxy) is 2. The van der Waals surface area contributed by atoms with E-state index in [4.69, 9.17) is 9.47 Å². The van der Waals surface area contributed by atoms with Crippen LogP contribution in [0, 0.1) is 5.92 Å². The highest BCUT2D eigenvalue weighted by Gasteiger charge is 2.27. The number of benzene rings is 2. The Balaban J connectivity index is 1.64. The van der Waals surface area contributed by atoms with Crippen LogP contribution in [0.25, 0.3) is 0 Å². The molecule has 1 saturated carbocycles. The van der Waals surface area contributed by atoms with Gasteiger partial charge in [0.05, 0.1) is 13.0 Å². The Labute approximate surface area is 150 Å². The lowest BCUT2D eigenvalue weighted by atomic mass is 9.88. The second kappa shape index (κ2) is 8.70. The van der Waals surface area contributed by atoms with Gasteiger partial charge in [-0.15, -0.1) is 0 Å². The van der Waals surface area contributed by atoms with Gasteiger partial charge in [0.15, 0.2) is 0 Å². The molecular formula is C22H26O3. The zero-order valence-corrected chi connectivity index (χ0v) is 14.8. The van der Waals surface area contributed by atoms with Crippen LogP contribution >= 0.6 is 0 Å². The van der Waals surface area contributed by atoms with Gasteiger partial charge in [-0.25, -0.2) is 0 Å². The van der Waals surface area contributed by atoms with Crippen molar-refractivity contribution in [2.45, 2.75) is 44.6 Å². The van der Waals surface area contributed by atoms with Crippen LogP contribution in [0.3, 0.4) is 0 Å². The van der Waals surface area contributed by atoms with Crippen molar-refractivity contribution in [2.24, 2.45) is 5.92 Å². The standard InChI is InChI=1S/C22H26O3/c1-24-22(23)21(15-17-7-5-6-8-17)19-11-13-20(14-12-19)25-16-18-9-3-2-4-10-18/h2-4,9-14,17,21H,5-8,15-16H2,1H3. The number of hydrogen-bond acceptors (Lipinski definition) is 3. The molecule has 1 aliphatic rings. The molecule has 0 N–H and O–H groups in total. The molecule has 25 heavy (non-hydrogen) atoms. The molecule has 2 aromatic rings. The normalized spacial score (nSPS) is 15.7. The fraction of sp³-hybridized carbons (Fsp3) is 0.409. The van der Waals surface area contributed by atoms with Crippen LogP contribution in [0.5, 0.6) is 5.75 Å². The van der Waals surface area contributed by atoms with E-state index in [0.29, 0.717) is 12.5 Å². The Bertz CT molecular complexity index is 657. The van der Waals surface area contributed by atoms with Gasteiger partial charge in [0.1, 0.15) is 12.4 Å². The Morgan fingerprint density at radius 1 is 1.04 bits per heavy atom. The van der Waals surface area contributed by atoms with Gasteiger partial charge >= 0.3 is 5.97 Å². The highest BCUT2D eigenvalue weighted by Crippen LogP contribution is 2.35. The summed E-state index contributed by atoms with van der Waals surface area (Å²) in [7, 11) is 1.47. The van der Waals surface area contributed by atoms with Gasteiger partial charge in [-0.3, -0.25) is 4.79 Å². The number of carbonyl (C=O) groups excluding carboxylic acids is 1. The highest BCUT2D eigenvalue weighted by atomic mass is 16.5. The Hall–Kier alpha value is -2.29. The summed E-state index contributed by atoms with van der Waals surface area (Å²) in [5.74, 6) is 1.15. The number of methoxy groups -OCH3 is 1. The summed E-state index contributed by atoms with van der Waals surface area (Å²) in [6.45, 7) is 0.544. The first-order chi connectivity index (χ1) is 12.3. The predicted molar refractivity (Wildman–Crippen MR) is 98.5 cm³/mol. The maximum atomic E-state index is 12.2. The molecular weight excluding hydrogens is 312 g/mol. The second-order valence-electron chi connectivity index (χ2n) is 6.81. The van der Waals surface area contributed by atoms with E-state index >= 15 is 0 Å². The van der Waals surface area contributed by atoms with Gasteiger partial charge in [-0.05, 0) is 35.6 Å². The van der Waals surface area contributed by atoms with E-state index in [-0.39, 0.29) is 11.9 Å².